The summed E-state index contributed by atoms with van der Waals surface area (Å²) in [6.45, 7) is 2.80. The molecular weight excluding hydrogens is 943 g/mol. The molecule has 0 bridgehead atoms. The number of unbranched alkanes of at least 4 members (excludes halogenated alkanes) is 8. The Labute approximate surface area is 433 Å². The third-order valence-electron chi connectivity index (χ3n) is 12.4. The Morgan fingerprint density at radius 2 is 0.411 bits per heavy atom. The van der Waals surface area contributed by atoms with Crippen LogP contribution in [0.15, 0.2) is 0 Å². The minimum absolute atomic E-state index is 0.115. The predicted molar refractivity (Wildman–Crippen MR) is 284 cm³/mol. The van der Waals surface area contributed by atoms with Crippen LogP contribution in [0.1, 0.15) is 154 Å². The first kappa shape index (κ1) is 68.4. The molecule has 0 saturated carbocycles. The van der Waals surface area contributed by atoms with Gasteiger partial charge in [0.1, 0.15) is 42.3 Å². The second-order valence-corrected chi connectivity index (χ2v) is 18.7. The fourth-order valence-corrected chi connectivity index (χ4v) is 7.90. The predicted octanol–water partition coefficient (Wildman–Crippen LogP) is -3.78. The standard InChI is InChI=1S/C48H99N17O8/c49-25-9-1-17-33(57)42(67)60-35(19-3-11-27-51)44(69)62-37(21-5-13-29-53)46(71)64-39(23-7-15-31-55)48(73)65-40(24-8-16-32-56)47(72)63-38(22-6-14-30-54)45(70)61-36(20-4-12-28-52)43(68)59-34(41(58)66)18-2-10-26-50/h33-40H,1-32,49-57H2,(H2,58,66)(H,59,68)(H,60,67)(H,61,70)(H,62,69)(H,63,72)(H,64,71)(H,65,73)/t33-,34-,35-,36-,37-,38-,39-,40-/m0/s1. The van der Waals surface area contributed by atoms with E-state index < -0.39 is 95.6 Å². The van der Waals surface area contributed by atoms with E-state index in [1.165, 1.54) is 0 Å². The van der Waals surface area contributed by atoms with Crippen molar-refractivity contribution in [2.24, 2.45) is 57.3 Å². The lowest BCUT2D eigenvalue weighted by molar-refractivity contribution is -0.136. The van der Waals surface area contributed by atoms with Crippen LogP contribution < -0.4 is 94.6 Å². The van der Waals surface area contributed by atoms with E-state index in [-0.39, 0.29) is 44.9 Å². The van der Waals surface area contributed by atoms with Crippen LogP contribution >= 0.6 is 0 Å². The van der Waals surface area contributed by atoms with E-state index in [4.69, 9.17) is 57.3 Å². The molecule has 0 aromatic heterocycles. The zero-order chi connectivity index (χ0) is 54.8. The minimum Gasteiger partial charge on any atom is -0.368 e. The second-order valence-electron chi connectivity index (χ2n) is 18.7. The van der Waals surface area contributed by atoms with Gasteiger partial charge >= 0.3 is 0 Å². The van der Waals surface area contributed by atoms with Gasteiger partial charge in [-0.2, -0.15) is 0 Å². The van der Waals surface area contributed by atoms with E-state index in [9.17, 15) is 38.4 Å². The van der Waals surface area contributed by atoms with E-state index in [0.29, 0.717) is 162 Å². The Balaban J connectivity index is 6.74. The number of carbonyl (C=O) groups is 8. The molecule has 0 aliphatic carbocycles. The van der Waals surface area contributed by atoms with Crippen molar-refractivity contribution in [2.75, 3.05) is 52.4 Å². The molecule has 8 amide bonds. The van der Waals surface area contributed by atoms with Crippen LogP contribution in [0.4, 0.5) is 0 Å². The maximum atomic E-state index is 14.3. The quantitative estimate of drug-likeness (QED) is 0.0260. The second kappa shape index (κ2) is 43.8. The van der Waals surface area contributed by atoms with Crippen LogP contribution in [0.5, 0.6) is 0 Å². The normalized spacial score (nSPS) is 14.5. The van der Waals surface area contributed by atoms with Crippen LogP contribution in [-0.4, -0.2) is 148 Å². The summed E-state index contributed by atoms with van der Waals surface area (Å²) in [4.78, 5) is 110. The lowest BCUT2D eigenvalue weighted by Gasteiger charge is -2.28. The highest BCUT2D eigenvalue weighted by Gasteiger charge is 2.34. The largest absolute Gasteiger partial charge is 0.368 e. The molecule has 27 N–H and O–H groups in total. The maximum absolute atomic E-state index is 14.3. The number of hydrogen-bond acceptors (Lipinski definition) is 17. The van der Waals surface area contributed by atoms with Crippen LogP contribution in [0, 0.1) is 0 Å². The molecule has 25 nitrogen and oxygen atoms in total. The van der Waals surface area contributed by atoms with Crippen molar-refractivity contribution >= 4 is 47.3 Å². The van der Waals surface area contributed by atoms with E-state index in [0.717, 1.165) is 0 Å². The Kier molecular flexibility index (Phi) is 41.0. The van der Waals surface area contributed by atoms with Crippen molar-refractivity contribution < 1.29 is 38.4 Å². The van der Waals surface area contributed by atoms with Gasteiger partial charge in [0.05, 0.1) is 6.04 Å². The Morgan fingerprint density at radius 1 is 0.247 bits per heavy atom. The maximum Gasteiger partial charge on any atom is 0.243 e. The van der Waals surface area contributed by atoms with Gasteiger partial charge in [0.25, 0.3) is 0 Å². The molecule has 25 heteroatoms. The molecule has 0 unspecified atom stereocenters. The molecule has 8 atom stereocenters. The molecule has 0 aromatic carbocycles. The molecule has 0 aliphatic rings. The van der Waals surface area contributed by atoms with Gasteiger partial charge in [-0.05, 0) is 200 Å². The van der Waals surface area contributed by atoms with Gasteiger partial charge in [-0.25, -0.2) is 0 Å². The van der Waals surface area contributed by atoms with Crippen molar-refractivity contribution in [1.29, 1.82) is 0 Å². The lowest BCUT2D eigenvalue weighted by Crippen LogP contribution is -2.60. The van der Waals surface area contributed by atoms with Gasteiger partial charge in [0, 0.05) is 0 Å². The first-order valence-corrected chi connectivity index (χ1v) is 26.9. The molecule has 0 radical (unpaired) electrons. The number of nitrogens with one attached hydrogen (secondary N) is 7. The number of amides is 8. The molecule has 424 valence electrons. The molecule has 0 saturated heterocycles. The fourth-order valence-electron chi connectivity index (χ4n) is 7.90. The van der Waals surface area contributed by atoms with Gasteiger partial charge in [0.2, 0.25) is 47.3 Å². The molecule has 0 heterocycles. The SMILES string of the molecule is NCCCC[C@H](NC(=O)[C@H](CCCCN)NC(=O)[C@H](CCCCN)NC(=O)[C@H](CCCCN)NC(=O)[C@H](CCCCN)NC(=O)[C@H](CCCCN)NC(=O)[C@H](CCCCN)NC(=O)[C@@H](N)CCCCN)C(N)=O. The Bertz CT molecular complexity index is 1570. The molecule has 0 rings (SSSR count). The summed E-state index contributed by atoms with van der Waals surface area (Å²) in [6, 6.07) is -8.74. The first-order chi connectivity index (χ1) is 35.1. The Hall–Kier alpha value is -4.60. The summed E-state index contributed by atoms with van der Waals surface area (Å²) < 4.78 is 0. The van der Waals surface area contributed by atoms with Gasteiger partial charge < -0.3 is 94.6 Å². The zero-order valence-electron chi connectivity index (χ0n) is 43.8. The monoisotopic (exact) mass is 1040 g/mol. The fraction of sp³-hybridized carbons (Fsp3) is 0.833. The van der Waals surface area contributed by atoms with Gasteiger partial charge in [-0.3, -0.25) is 38.4 Å². The van der Waals surface area contributed by atoms with E-state index in [1.54, 1.807) is 0 Å². The van der Waals surface area contributed by atoms with Gasteiger partial charge in [0.15, 0.2) is 0 Å². The number of carbonyl (C=O) groups excluding carboxylic acids is 8. The van der Waals surface area contributed by atoms with Crippen LogP contribution in [0.3, 0.4) is 0 Å². The van der Waals surface area contributed by atoms with Crippen LogP contribution in [0.25, 0.3) is 0 Å². The van der Waals surface area contributed by atoms with Crippen molar-refractivity contribution in [3.63, 3.8) is 0 Å². The first-order valence-electron chi connectivity index (χ1n) is 26.9. The summed E-state index contributed by atoms with van der Waals surface area (Å²) in [5.74, 6) is -5.25. The average molecular weight is 1040 g/mol. The van der Waals surface area contributed by atoms with Crippen molar-refractivity contribution in [3.8, 4) is 0 Å². The molecule has 73 heavy (non-hydrogen) atoms. The topological polar surface area (TPSA) is 481 Å². The molecule has 0 spiro atoms. The van der Waals surface area contributed by atoms with E-state index in [2.05, 4.69) is 37.2 Å². The van der Waals surface area contributed by atoms with E-state index in [1.807, 2.05) is 0 Å². The van der Waals surface area contributed by atoms with Gasteiger partial charge in [-0.1, -0.05) is 6.42 Å². The summed E-state index contributed by atoms with van der Waals surface area (Å²) in [6.07, 6.45) is 9.89. The Morgan fingerprint density at radius 3 is 0.603 bits per heavy atom. The molecule has 0 aliphatic heterocycles. The third-order valence-corrected chi connectivity index (χ3v) is 12.4. The number of primary amides is 1. The smallest absolute Gasteiger partial charge is 0.243 e. The third kappa shape index (κ3) is 31.7. The summed E-state index contributed by atoms with van der Waals surface area (Å²) in [5.41, 5.74) is 57.6. The highest BCUT2D eigenvalue weighted by atomic mass is 16.2. The van der Waals surface area contributed by atoms with Crippen molar-refractivity contribution in [2.45, 2.75) is 202 Å². The van der Waals surface area contributed by atoms with Crippen molar-refractivity contribution in [1.82, 2.24) is 37.2 Å². The number of hydrogen-bond donors (Lipinski definition) is 17. The minimum atomic E-state index is -1.20. The summed E-state index contributed by atoms with van der Waals surface area (Å²) >= 11 is 0. The zero-order valence-corrected chi connectivity index (χ0v) is 43.8. The van der Waals surface area contributed by atoms with Crippen LogP contribution in [-0.2, 0) is 38.4 Å². The summed E-state index contributed by atoms with van der Waals surface area (Å²) in [7, 11) is 0. The van der Waals surface area contributed by atoms with E-state index >= 15 is 0 Å². The van der Waals surface area contributed by atoms with Gasteiger partial charge in [-0.15, -0.1) is 0 Å². The average Bonchev–Trinajstić information content (AvgIpc) is 3.36. The van der Waals surface area contributed by atoms with Crippen molar-refractivity contribution in [3.05, 3.63) is 0 Å². The number of rotatable bonds is 47. The lowest BCUT2D eigenvalue weighted by atomic mass is 10.0. The molecule has 0 aromatic rings. The highest BCUT2D eigenvalue weighted by Crippen LogP contribution is 2.12. The van der Waals surface area contributed by atoms with Crippen LogP contribution in [0.2, 0.25) is 0 Å². The number of nitrogens with two attached hydrogens (primary N) is 10. The highest BCUT2D eigenvalue weighted by molar-refractivity contribution is 5.97. The molecular formula is C48H99N17O8. The molecule has 0 fully saturated rings. The summed E-state index contributed by atoms with van der Waals surface area (Å²) in [5, 5.41) is 19.3.